The molecule has 0 aliphatic rings. The molecule has 0 aliphatic carbocycles. The second-order valence-electron chi connectivity index (χ2n) is 5.19. The Morgan fingerprint density at radius 2 is 1.81 bits per heavy atom. The quantitative estimate of drug-likeness (QED) is 0.719. The van der Waals surface area contributed by atoms with Gasteiger partial charge in [-0.05, 0) is 18.9 Å². The van der Waals surface area contributed by atoms with Crippen molar-refractivity contribution in [2.75, 3.05) is 17.2 Å². The van der Waals surface area contributed by atoms with E-state index in [4.69, 9.17) is 0 Å². The topological polar surface area (TPSA) is 49.8 Å². The van der Waals surface area contributed by atoms with Crippen LogP contribution in [0.3, 0.4) is 0 Å². The Hall–Kier alpha value is -2.10. The van der Waals surface area contributed by atoms with Crippen molar-refractivity contribution in [2.24, 2.45) is 0 Å². The number of rotatable bonds is 8. The molecule has 1 aromatic heterocycles. The van der Waals surface area contributed by atoms with E-state index in [2.05, 4.69) is 39.7 Å². The van der Waals surface area contributed by atoms with Gasteiger partial charge in [0.15, 0.2) is 0 Å². The standard InChI is InChI=1S/C17H24N4/c1-3-4-8-11-18-17-20-14(2)12-16(21-17)19-13-15-9-6-5-7-10-15/h5-7,9-10,12H,3-4,8,11,13H2,1-2H3,(H2,18,19,20,21). The van der Waals surface area contributed by atoms with Crippen LogP contribution in [0.4, 0.5) is 11.8 Å². The summed E-state index contributed by atoms with van der Waals surface area (Å²) in [6.07, 6.45) is 3.61. The lowest BCUT2D eigenvalue weighted by Crippen LogP contribution is -2.09. The van der Waals surface area contributed by atoms with Gasteiger partial charge in [-0.2, -0.15) is 4.98 Å². The first kappa shape index (κ1) is 15.3. The van der Waals surface area contributed by atoms with Crippen LogP contribution in [-0.2, 0) is 6.54 Å². The van der Waals surface area contributed by atoms with Crippen molar-refractivity contribution in [3.63, 3.8) is 0 Å². The van der Waals surface area contributed by atoms with E-state index < -0.39 is 0 Å². The minimum absolute atomic E-state index is 0.710. The number of hydrogen-bond donors (Lipinski definition) is 2. The maximum Gasteiger partial charge on any atom is 0.224 e. The van der Waals surface area contributed by atoms with Crippen molar-refractivity contribution in [2.45, 2.75) is 39.7 Å². The normalized spacial score (nSPS) is 10.4. The number of aromatic nitrogens is 2. The Morgan fingerprint density at radius 3 is 2.57 bits per heavy atom. The third-order valence-electron chi connectivity index (χ3n) is 3.23. The zero-order chi connectivity index (χ0) is 14.9. The van der Waals surface area contributed by atoms with Gasteiger partial charge >= 0.3 is 0 Å². The molecule has 0 atom stereocenters. The summed E-state index contributed by atoms with van der Waals surface area (Å²) >= 11 is 0. The Kier molecular flexibility index (Phi) is 6.00. The van der Waals surface area contributed by atoms with E-state index in [0.717, 1.165) is 31.0 Å². The third kappa shape index (κ3) is 5.42. The molecule has 1 heterocycles. The molecule has 4 heteroatoms. The van der Waals surface area contributed by atoms with E-state index in [0.29, 0.717) is 5.95 Å². The van der Waals surface area contributed by atoms with E-state index in [9.17, 15) is 0 Å². The minimum Gasteiger partial charge on any atom is -0.366 e. The number of benzene rings is 1. The van der Waals surface area contributed by atoms with Crippen LogP contribution in [-0.4, -0.2) is 16.5 Å². The number of anilines is 2. The summed E-state index contributed by atoms with van der Waals surface area (Å²) in [7, 11) is 0. The first-order valence-corrected chi connectivity index (χ1v) is 7.65. The van der Waals surface area contributed by atoms with Crippen LogP contribution in [0.15, 0.2) is 36.4 Å². The summed E-state index contributed by atoms with van der Waals surface area (Å²) in [6.45, 7) is 5.89. The molecule has 0 bridgehead atoms. The van der Waals surface area contributed by atoms with Gasteiger partial charge in [0.05, 0.1) is 0 Å². The van der Waals surface area contributed by atoms with Gasteiger partial charge in [-0.15, -0.1) is 0 Å². The predicted octanol–water partition coefficient (Wildman–Crippen LogP) is 4.00. The largest absolute Gasteiger partial charge is 0.366 e. The molecule has 0 unspecified atom stereocenters. The fourth-order valence-corrected chi connectivity index (χ4v) is 2.10. The Labute approximate surface area is 127 Å². The molecule has 2 aromatic rings. The SMILES string of the molecule is CCCCCNc1nc(C)cc(NCc2ccccc2)n1. The van der Waals surface area contributed by atoms with E-state index in [1.807, 2.05) is 31.2 Å². The lowest BCUT2D eigenvalue weighted by molar-refractivity contribution is 0.740. The molecule has 0 saturated carbocycles. The van der Waals surface area contributed by atoms with Crippen molar-refractivity contribution >= 4 is 11.8 Å². The zero-order valence-electron chi connectivity index (χ0n) is 12.9. The molecule has 0 aliphatic heterocycles. The minimum atomic E-state index is 0.710. The molecule has 0 fully saturated rings. The molecule has 2 N–H and O–H groups in total. The number of aryl methyl sites for hydroxylation is 1. The van der Waals surface area contributed by atoms with Gasteiger partial charge in [0.1, 0.15) is 5.82 Å². The van der Waals surface area contributed by atoms with Gasteiger partial charge in [-0.25, -0.2) is 4.98 Å². The lowest BCUT2D eigenvalue weighted by Gasteiger charge is -2.10. The van der Waals surface area contributed by atoms with E-state index >= 15 is 0 Å². The van der Waals surface area contributed by atoms with Gasteiger partial charge in [-0.1, -0.05) is 50.1 Å². The molecule has 4 nitrogen and oxygen atoms in total. The summed E-state index contributed by atoms with van der Waals surface area (Å²) in [5.41, 5.74) is 2.21. The average Bonchev–Trinajstić information content (AvgIpc) is 2.50. The second kappa shape index (κ2) is 8.25. The van der Waals surface area contributed by atoms with Crippen LogP contribution < -0.4 is 10.6 Å². The molecule has 1 aromatic carbocycles. The lowest BCUT2D eigenvalue weighted by atomic mass is 10.2. The predicted molar refractivity (Wildman–Crippen MR) is 88.6 cm³/mol. The molecule has 0 radical (unpaired) electrons. The fourth-order valence-electron chi connectivity index (χ4n) is 2.10. The zero-order valence-corrected chi connectivity index (χ0v) is 12.9. The van der Waals surface area contributed by atoms with Crippen LogP contribution in [0, 0.1) is 6.92 Å². The van der Waals surface area contributed by atoms with Crippen LogP contribution in [0.25, 0.3) is 0 Å². The Balaban J connectivity index is 1.91. The van der Waals surface area contributed by atoms with Crippen molar-refractivity contribution in [3.8, 4) is 0 Å². The highest BCUT2D eigenvalue weighted by Crippen LogP contribution is 2.11. The summed E-state index contributed by atoms with van der Waals surface area (Å²) < 4.78 is 0. The van der Waals surface area contributed by atoms with Gasteiger partial charge in [0.25, 0.3) is 0 Å². The molecular formula is C17H24N4. The summed E-state index contributed by atoms with van der Waals surface area (Å²) in [6, 6.07) is 12.3. The van der Waals surface area contributed by atoms with E-state index in [1.54, 1.807) is 0 Å². The highest BCUT2D eigenvalue weighted by atomic mass is 15.1. The molecule has 0 spiro atoms. The highest BCUT2D eigenvalue weighted by Gasteiger charge is 2.02. The van der Waals surface area contributed by atoms with Crippen molar-refractivity contribution < 1.29 is 0 Å². The van der Waals surface area contributed by atoms with E-state index in [1.165, 1.54) is 18.4 Å². The summed E-state index contributed by atoms with van der Waals surface area (Å²) in [5.74, 6) is 1.58. The third-order valence-corrected chi connectivity index (χ3v) is 3.23. The number of unbranched alkanes of at least 4 members (excludes halogenated alkanes) is 2. The fraction of sp³-hybridized carbons (Fsp3) is 0.412. The highest BCUT2D eigenvalue weighted by molar-refractivity contribution is 5.42. The van der Waals surface area contributed by atoms with Crippen LogP contribution in [0.2, 0.25) is 0 Å². The number of hydrogen-bond acceptors (Lipinski definition) is 4. The smallest absolute Gasteiger partial charge is 0.224 e. The van der Waals surface area contributed by atoms with Crippen molar-refractivity contribution in [1.82, 2.24) is 9.97 Å². The molecular weight excluding hydrogens is 260 g/mol. The first-order valence-electron chi connectivity index (χ1n) is 7.65. The molecule has 112 valence electrons. The van der Waals surface area contributed by atoms with Gasteiger partial charge in [0, 0.05) is 24.8 Å². The Bertz CT molecular complexity index is 540. The average molecular weight is 284 g/mol. The second-order valence-corrected chi connectivity index (χ2v) is 5.19. The van der Waals surface area contributed by atoms with Crippen LogP contribution in [0.5, 0.6) is 0 Å². The van der Waals surface area contributed by atoms with Crippen molar-refractivity contribution in [1.29, 1.82) is 0 Å². The monoisotopic (exact) mass is 284 g/mol. The summed E-state index contributed by atoms with van der Waals surface area (Å²) in [5, 5.41) is 6.65. The molecule has 2 rings (SSSR count). The number of nitrogens with one attached hydrogen (secondary N) is 2. The van der Waals surface area contributed by atoms with Gasteiger partial charge in [-0.3, -0.25) is 0 Å². The van der Waals surface area contributed by atoms with Gasteiger partial charge < -0.3 is 10.6 Å². The molecule has 0 saturated heterocycles. The van der Waals surface area contributed by atoms with Crippen LogP contribution in [0.1, 0.15) is 37.4 Å². The van der Waals surface area contributed by atoms with E-state index in [-0.39, 0.29) is 0 Å². The summed E-state index contributed by atoms with van der Waals surface area (Å²) in [4.78, 5) is 8.94. The van der Waals surface area contributed by atoms with Gasteiger partial charge in [0.2, 0.25) is 5.95 Å². The number of nitrogens with zero attached hydrogens (tertiary/aromatic N) is 2. The first-order chi connectivity index (χ1) is 10.3. The molecule has 21 heavy (non-hydrogen) atoms. The Morgan fingerprint density at radius 1 is 1.00 bits per heavy atom. The molecule has 0 amide bonds. The maximum absolute atomic E-state index is 4.51. The van der Waals surface area contributed by atoms with Crippen LogP contribution >= 0.6 is 0 Å². The van der Waals surface area contributed by atoms with Crippen molar-refractivity contribution in [3.05, 3.63) is 47.7 Å². The maximum atomic E-state index is 4.51.